The van der Waals surface area contributed by atoms with E-state index in [4.69, 9.17) is 11.6 Å². The number of hydrogen-bond acceptors (Lipinski definition) is 2. The van der Waals surface area contributed by atoms with Crippen molar-refractivity contribution in [1.29, 1.82) is 0 Å². The molecular formula is C7H4ClFOS. The maximum atomic E-state index is 12.3. The van der Waals surface area contributed by atoms with Crippen molar-refractivity contribution >= 4 is 27.9 Å². The van der Waals surface area contributed by atoms with Crippen molar-refractivity contribution in [2.45, 2.75) is 4.90 Å². The van der Waals surface area contributed by atoms with Crippen LogP contribution in [0.5, 0.6) is 0 Å². The first-order valence-electron chi connectivity index (χ1n) is 2.81. The van der Waals surface area contributed by atoms with Crippen LogP contribution in [-0.4, -0.2) is 4.57 Å². The molecule has 0 saturated heterocycles. The highest BCUT2D eigenvalue weighted by atomic mass is 35.5. The van der Waals surface area contributed by atoms with Crippen LogP contribution in [-0.2, 0) is 0 Å². The van der Waals surface area contributed by atoms with Gasteiger partial charge in [-0.1, -0.05) is 0 Å². The molecular weight excluding hydrogens is 187 g/mol. The number of halogens is 2. The van der Waals surface area contributed by atoms with Gasteiger partial charge in [0.15, 0.2) is 0 Å². The minimum Gasteiger partial charge on any atom is -0.268 e. The fourth-order valence-corrected chi connectivity index (χ4v) is 1.32. The lowest BCUT2D eigenvalue weighted by Crippen LogP contribution is -1.76. The Kier molecular flexibility index (Phi) is 2.91. The van der Waals surface area contributed by atoms with Crippen LogP contribution in [0.2, 0.25) is 0 Å². The van der Waals surface area contributed by atoms with Crippen LogP contribution in [0.3, 0.4) is 0 Å². The SMILES string of the molecule is O=C(Cl)Sc1ccc(F)cc1. The first-order valence-corrected chi connectivity index (χ1v) is 4.01. The normalized spacial score (nSPS) is 9.64. The van der Waals surface area contributed by atoms with Gasteiger partial charge in [0, 0.05) is 4.90 Å². The van der Waals surface area contributed by atoms with E-state index in [1.54, 1.807) is 0 Å². The van der Waals surface area contributed by atoms with Gasteiger partial charge in [-0.15, -0.1) is 0 Å². The molecule has 0 aliphatic heterocycles. The maximum absolute atomic E-state index is 12.3. The van der Waals surface area contributed by atoms with Crippen LogP contribution in [0.15, 0.2) is 29.2 Å². The molecule has 0 radical (unpaired) electrons. The molecule has 0 amide bonds. The molecule has 0 aliphatic rings. The lowest BCUT2D eigenvalue weighted by Gasteiger charge is -1.93. The molecule has 0 bridgehead atoms. The zero-order valence-corrected chi connectivity index (χ0v) is 6.95. The molecule has 0 spiro atoms. The Bertz CT molecular complexity index is 260. The largest absolute Gasteiger partial charge is 0.284 e. The summed E-state index contributed by atoms with van der Waals surface area (Å²) in [4.78, 5) is 11.0. The van der Waals surface area contributed by atoms with E-state index in [0.717, 1.165) is 11.8 Å². The summed E-state index contributed by atoms with van der Waals surface area (Å²) in [6.07, 6.45) is 0. The first-order chi connectivity index (χ1) is 5.18. The Labute approximate surface area is 72.5 Å². The monoisotopic (exact) mass is 190 g/mol. The minimum absolute atomic E-state index is 0.323. The minimum atomic E-state index is -0.517. The van der Waals surface area contributed by atoms with E-state index in [9.17, 15) is 9.18 Å². The van der Waals surface area contributed by atoms with Crippen LogP contribution >= 0.6 is 23.4 Å². The second-order valence-corrected chi connectivity index (χ2v) is 3.41. The van der Waals surface area contributed by atoms with E-state index in [2.05, 4.69) is 0 Å². The average molecular weight is 191 g/mol. The van der Waals surface area contributed by atoms with Crippen molar-refractivity contribution < 1.29 is 9.18 Å². The topological polar surface area (TPSA) is 17.1 Å². The standard InChI is InChI=1S/C7H4ClFOS/c8-7(10)11-6-3-1-5(9)2-4-6/h1-4H. The highest BCUT2D eigenvalue weighted by Gasteiger charge is 1.99. The Morgan fingerprint density at radius 2 is 1.91 bits per heavy atom. The van der Waals surface area contributed by atoms with E-state index in [-0.39, 0.29) is 5.82 Å². The van der Waals surface area contributed by atoms with Gasteiger partial charge in [-0.05, 0) is 47.6 Å². The van der Waals surface area contributed by atoms with Gasteiger partial charge in [-0.25, -0.2) is 4.39 Å². The Hall–Kier alpha value is -0.540. The van der Waals surface area contributed by atoms with Gasteiger partial charge in [-0.3, -0.25) is 4.79 Å². The molecule has 0 atom stereocenters. The smallest absolute Gasteiger partial charge is 0.268 e. The van der Waals surface area contributed by atoms with E-state index < -0.39 is 4.57 Å². The van der Waals surface area contributed by atoms with Crippen molar-refractivity contribution in [1.82, 2.24) is 0 Å². The number of hydrogen-bond donors (Lipinski definition) is 0. The average Bonchev–Trinajstić information content (AvgIpc) is 1.93. The summed E-state index contributed by atoms with van der Waals surface area (Å²) >= 11 is 5.95. The van der Waals surface area contributed by atoms with Gasteiger partial charge >= 0.3 is 0 Å². The first kappa shape index (κ1) is 8.56. The van der Waals surface area contributed by atoms with Crippen molar-refractivity contribution in [3.8, 4) is 0 Å². The summed E-state index contributed by atoms with van der Waals surface area (Å²) in [6, 6.07) is 5.56. The van der Waals surface area contributed by atoms with E-state index in [0.29, 0.717) is 4.90 Å². The number of benzene rings is 1. The fraction of sp³-hybridized carbons (Fsp3) is 0. The van der Waals surface area contributed by atoms with Crippen LogP contribution < -0.4 is 0 Å². The van der Waals surface area contributed by atoms with E-state index >= 15 is 0 Å². The van der Waals surface area contributed by atoms with Gasteiger partial charge in [0.05, 0.1) is 0 Å². The molecule has 58 valence electrons. The molecule has 1 rings (SSSR count). The maximum Gasteiger partial charge on any atom is 0.284 e. The van der Waals surface area contributed by atoms with Gasteiger partial charge in [0.25, 0.3) is 4.57 Å². The van der Waals surface area contributed by atoms with Gasteiger partial charge in [0.2, 0.25) is 0 Å². The van der Waals surface area contributed by atoms with Gasteiger partial charge in [-0.2, -0.15) is 0 Å². The number of carbonyl (C=O) groups excluding carboxylic acids is 1. The zero-order chi connectivity index (χ0) is 8.27. The second-order valence-electron chi connectivity index (χ2n) is 1.79. The second kappa shape index (κ2) is 3.74. The summed E-state index contributed by atoms with van der Waals surface area (Å²) in [6.45, 7) is 0. The van der Waals surface area contributed by atoms with Crippen LogP contribution in [0.4, 0.5) is 9.18 Å². The third-order valence-corrected chi connectivity index (χ3v) is 1.91. The molecule has 1 aromatic rings. The van der Waals surface area contributed by atoms with Gasteiger partial charge in [0.1, 0.15) is 5.82 Å². The summed E-state index contributed by atoms with van der Waals surface area (Å²) < 4.78 is 11.8. The van der Waals surface area contributed by atoms with Crippen molar-refractivity contribution in [3.63, 3.8) is 0 Å². The molecule has 0 fully saturated rings. The lowest BCUT2D eigenvalue weighted by molar-refractivity contribution is 0.276. The van der Waals surface area contributed by atoms with Crippen molar-refractivity contribution in [2.75, 3.05) is 0 Å². The molecule has 1 aromatic carbocycles. The Morgan fingerprint density at radius 1 is 1.36 bits per heavy atom. The van der Waals surface area contributed by atoms with E-state index in [1.165, 1.54) is 24.3 Å². The summed E-state index contributed by atoms with van der Waals surface area (Å²) in [5.74, 6) is -0.323. The molecule has 0 unspecified atom stereocenters. The van der Waals surface area contributed by atoms with Gasteiger partial charge < -0.3 is 0 Å². The quantitative estimate of drug-likeness (QED) is 0.500. The summed E-state index contributed by atoms with van der Waals surface area (Å²) in [7, 11) is 0. The molecule has 0 N–H and O–H groups in total. The number of thioether (sulfide) groups is 1. The zero-order valence-electron chi connectivity index (χ0n) is 5.38. The lowest BCUT2D eigenvalue weighted by atomic mass is 10.4. The molecule has 0 aliphatic carbocycles. The Balaban J connectivity index is 2.74. The highest BCUT2D eigenvalue weighted by Crippen LogP contribution is 2.20. The molecule has 0 heterocycles. The van der Waals surface area contributed by atoms with Crippen molar-refractivity contribution in [3.05, 3.63) is 30.1 Å². The molecule has 11 heavy (non-hydrogen) atoms. The summed E-state index contributed by atoms with van der Waals surface area (Å²) in [5.41, 5.74) is 0. The Morgan fingerprint density at radius 3 is 2.36 bits per heavy atom. The molecule has 0 saturated carbocycles. The van der Waals surface area contributed by atoms with Crippen LogP contribution in [0, 0.1) is 5.82 Å². The molecule has 0 aromatic heterocycles. The predicted octanol–water partition coefficient (Wildman–Crippen LogP) is 3.28. The fourth-order valence-electron chi connectivity index (χ4n) is 0.595. The van der Waals surface area contributed by atoms with Crippen LogP contribution in [0.1, 0.15) is 0 Å². The molecule has 1 nitrogen and oxygen atoms in total. The molecule has 4 heteroatoms. The predicted molar refractivity (Wildman–Crippen MR) is 43.5 cm³/mol. The van der Waals surface area contributed by atoms with Crippen molar-refractivity contribution in [2.24, 2.45) is 0 Å². The summed E-state index contributed by atoms with van der Waals surface area (Å²) in [5, 5.41) is 0. The number of carbonyl (C=O) groups is 1. The third kappa shape index (κ3) is 2.91. The van der Waals surface area contributed by atoms with E-state index in [1.807, 2.05) is 0 Å². The van der Waals surface area contributed by atoms with Crippen LogP contribution in [0.25, 0.3) is 0 Å². The highest BCUT2D eigenvalue weighted by molar-refractivity contribution is 8.16. The third-order valence-electron chi connectivity index (χ3n) is 1.01. The number of rotatable bonds is 1.